The van der Waals surface area contributed by atoms with Gasteiger partial charge in [-0.25, -0.2) is 25.6 Å². The van der Waals surface area contributed by atoms with Crippen molar-refractivity contribution in [2.24, 2.45) is 11.8 Å². The molecule has 0 amide bonds. The van der Waals surface area contributed by atoms with Gasteiger partial charge in [-0.3, -0.25) is 0 Å². The second-order valence-electron chi connectivity index (χ2n) is 8.93. The van der Waals surface area contributed by atoms with Crippen LogP contribution in [0, 0.1) is 23.5 Å². The molecule has 1 aliphatic heterocycles. The number of benzene rings is 2. The standard InChI is InChI=1S/C23H25ClF2O4S2/c1-2-19-11-16-13-23(10-9-15(16)14-31(19,27)28,21-12-18(25)5-8-22(21)26)32(29,30)20-6-3-17(24)4-7-20/h3-8,12,15-16,19H,2,9-11,13-14H2,1H3/t15-,16-,19+,23-/m1/s1. The topological polar surface area (TPSA) is 68.3 Å². The van der Waals surface area contributed by atoms with Gasteiger partial charge in [-0.1, -0.05) is 18.5 Å². The fourth-order valence-electron chi connectivity index (χ4n) is 5.50. The second-order valence-corrected chi connectivity index (χ2v) is 14.0. The summed E-state index contributed by atoms with van der Waals surface area (Å²) in [6.45, 7) is 1.80. The van der Waals surface area contributed by atoms with E-state index in [4.69, 9.17) is 11.6 Å². The average molecular weight is 503 g/mol. The van der Waals surface area contributed by atoms with Gasteiger partial charge in [-0.2, -0.15) is 0 Å². The van der Waals surface area contributed by atoms with E-state index in [1.165, 1.54) is 24.3 Å². The molecular weight excluding hydrogens is 478 g/mol. The molecule has 1 saturated heterocycles. The van der Waals surface area contributed by atoms with Crippen LogP contribution in [0.25, 0.3) is 0 Å². The summed E-state index contributed by atoms with van der Waals surface area (Å²) >= 11 is 5.93. The summed E-state index contributed by atoms with van der Waals surface area (Å²) in [6.07, 6.45) is 1.15. The van der Waals surface area contributed by atoms with Crippen molar-refractivity contribution in [3.05, 3.63) is 64.7 Å². The molecule has 4 nitrogen and oxygen atoms in total. The Hall–Kier alpha value is -1.51. The average Bonchev–Trinajstić information content (AvgIpc) is 2.74. The van der Waals surface area contributed by atoms with E-state index >= 15 is 4.39 Å². The van der Waals surface area contributed by atoms with Crippen molar-refractivity contribution in [3.8, 4) is 0 Å². The van der Waals surface area contributed by atoms with E-state index < -0.39 is 41.3 Å². The minimum Gasteiger partial charge on any atom is -0.229 e. The van der Waals surface area contributed by atoms with E-state index in [1.54, 1.807) is 6.92 Å². The van der Waals surface area contributed by atoms with E-state index in [0.29, 0.717) is 24.3 Å². The summed E-state index contributed by atoms with van der Waals surface area (Å²) in [6, 6.07) is 8.56. The lowest BCUT2D eigenvalue weighted by Gasteiger charge is -2.47. The smallest absolute Gasteiger partial charge is 0.188 e. The Morgan fingerprint density at radius 1 is 1.09 bits per heavy atom. The molecule has 1 saturated carbocycles. The zero-order valence-electron chi connectivity index (χ0n) is 17.6. The zero-order chi connectivity index (χ0) is 23.3. The Kier molecular flexibility index (Phi) is 6.18. The molecule has 2 aliphatic rings. The third kappa shape index (κ3) is 3.88. The molecule has 4 atom stereocenters. The van der Waals surface area contributed by atoms with Crippen molar-refractivity contribution >= 4 is 31.3 Å². The summed E-state index contributed by atoms with van der Waals surface area (Å²) in [5.74, 6) is -1.89. The number of hydrogen-bond donors (Lipinski definition) is 0. The van der Waals surface area contributed by atoms with E-state index in [2.05, 4.69) is 0 Å². The molecule has 0 bridgehead atoms. The van der Waals surface area contributed by atoms with Crippen molar-refractivity contribution in [2.75, 3.05) is 5.75 Å². The molecule has 2 aromatic rings. The highest BCUT2D eigenvalue weighted by atomic mass is 35.5. The number of sulfone groups is 2. The zero-order valence-corrected chi connectivity index (χ0v) is 20.0. The molecule has 174 valence electrons. The third-order valence-corrected chi connectivity index (χ3v) is 12.4. The molecule has 0 unspecified atom stereocenters. The van der Waals surface area contributed by atoms with Gasteiger partial charge in [0.2, 0.25) is 0 Å². The molecule has 4 rings (SSSR count). The molecule has 2 aromatic carbocycles. The minimum absolute atomic E-state index is 0.0128. The highest BCUT2D eigenvalue weighted by Gasteiger charge is 2.55. The van der Waals surface area contributed by atoms with Crippen LogP contribution >= 0.6 is 11.6 Å². The first kappa shape index (κ1) is 23.6. The van der Waals surface area contributed by atoms with Crippen LogP contribution in [-0.4, -0.2) is 27.8 Å². The van der Waals surface area contributed by atoms with E-state index in [1.807, 2.05) is 0 Å². The Balaban J connectivity index is 1.87. The van der Waals surface area contributed by atoms with Gasteiger partial charge in [0.1, 0.15) is 16.4 Å². The van der Waals surface area contributed by atoms with Crippen LogP contribution in [-0.2, 0) is 24.4 Å². The summed E-state index contributed by atoms with van der Waals surface area (Å²) < 4.78 is 80.8. The SMILES string of the molecule is CC[C@H]1C[C@@H]2C[C@](c3cc(F)ccc3F)(S(=O)(=O)c3ccc(Cl)cc3)CC[C@@H]2CS1(=O)=O. The van der Waals surface area contributed by atoms with Gasteiger partial charge in [-0.05, 0) is 86.4 Å². The fraction of sp³-hybridized carbons (Fsp3) is 0.478. The van der Waals surface area contributed by atoms with Crippen LogP contribution in [0.5, 0.6) is 0 Å². The lowest BCUT2D eigenvalue weighted by molar-refractivity contribution is 0.183. The first-order valence-electron chi connectivity index (χ1n) is 10.7. The third-order valence-electron chi connectivity index (χ3n) is 7.21. The Morgan fingerprint density at radius 3 is 2.44 bits per heavy atom. The van der Waals surface area contributed by atoms with Gasteiger partial charge in [-0.15, -0.1) is 0 Å². The van der Waals surface area contributed by atoms with Crippen molar-refractivity contribution < 1.29 is 25.6 Å². The van der Waals surface area contributed by atoms with Crippen molar-refractivity contribution in [3.63, 3.8) is 0 Å². The maximum Gasteiger partial charge on any atom is 0.188 e. The summed E-state index contributed by atoms with van der Waals surface area (Å²) in [4.78, 5) is -0.0144. The van der Waals surface area contributed by atoms with Crippen molar-refractivity contribution in [1.82, 2.24) is 0 Å². The predicted octanol–water partition coefficient (Wildman–Crippen LogP) is 5.30. The summed E-state index contributed by atoms with van der Waals surface area (Å²) in [5, 5.41) is -0.183. The lowest BCUT2D eigenvalue weighted by atomic mass is 9.69. The normalized spacial score (nSPS) is 29.9. The summed E-state index contributed by atoms with van der Waals surface area (Å²) in [7, 11) is -7.40. The van der Waals surface area contributed by atoms with E-state index in [-0.39, 0.29) is 40.9 Å². The molecule has 0 radical (unpaired) electrons. The molecule has 1 heterocycles. The van der Waals surface area contributed by atoms with E-state index in [9.17, 15) is 21.2 Å². The number of fused-ring (bicyclic) bond motifs is 1. The fourth-order valence-corrected chi connectivity index (χ4v) is 10.2. The molecule has 0 aromatic heterocycles. The van der Waals surface area contributed by atoms with Crippen LogP contribution in [0.3, 0.4) is 0 Å². The van der Waals surface area contributed by atoms with Gasteiger partial charge < -0.3 is 0 Å². The Labute approximate surface area is 192 Å². The second kappa shape index (κ2) is 8.37. The predicted molar refractivity (Wildman–Crippen MR) is 120 cm³/mol. The molecule has 32 heavy (non-hydrogen) atoms. The van der Waals surface area contributed by atoms with Crippen molar-refractivity contribution in [2.45, 2.75) is 53.9 Å². The van der Waals surface area contributed by atoms with Gasteiger partial charge in [0.25, 0.3) is 0 Å². The van der Waals surface area contributed by atoms with Crippen LogP contribution in [0.2, 0.25) is 5.02 Å². The minimum atomic E-state index is -4.15. The van der Waals surface area contributed by atoms with Gasteiger partial charge in [0, 0.05) is 10.6 Å². The van der Waals surface area contributed by atoms with E-state index in [0.717, 1.165) is 18.2 Å². The molecule has 1 aliphatic carbocycles. The van der Waals surface area contributed by atoms with Crippen LogP contribution < -0.4 is 0 Å². The van der Waals surface area contributed by atoms with Crippen LogP contribution in [0.1, 0.15) is 44.6 Å². The first-order valence-corrected chi connectivity index (χ1v) is 14.2. The molecule has 2 fully saturated rings. The highest BCUT2D eigenvalue weighted by Crippen LogP contribution is 2.54. The van der Waals surface area contributed by atoms with Gasteiger partial charge in [0.15, 0.2) is 19.7 Å². The quantitative estimate of drug-likeness (QED) is 0.569. The maximum atomic E-state index is 15.1. The van der Waals surface area contributed by atoms with Gasteiger partial charge in [0.05, 0.1) is 15.9 Å². The molecule has 0 spiro atoms. The highest BCUT2D eigenvalue weighted by molar-refractivity contribution is 7.92. The largest absolute Gasteiger partial charge is 0.229 e. The van der Waals surface area contributed by atoms with Crippen LogP contribution in [0.4, 0.5) is 8.78 Å². The number of rotatable bonds is 4. The van der Waals surface area contributed by atoms with Gasteiger partial charge >= 0.3 is 0 Å². The molecular formula is C23H25ClF2O4S2. The monoisotopic (exact) mass is 502 g/mol. The number of halogens is 3. The van der Waals surface area contributed by atoms with Crippen LogP contribution in [0.15, 0.2) is 47.4 Å². The first-order chi connectivity index (χ1) is 15.0. The number of hydrogen-bond acceptors (Lipinski definition) is 4. The summed E-state index contributed by atoms with van der Waals surface area (Å²) in [5.41, 5.74) is -0.188. The maximum absolute atomic E-state index is 15.1. The lowest BCUT2D eigenvalue weighted by Crippen LogP contribution is -2.49. The Bertz CT molecular complexity index is 1230. The molecule has 9 heteroatoms. The molecule has 0 N–H and O–H groups in total. The van der Waals surface area contributed by atoms with Crippen molar-refractivity contribution in [1.29, 1.82) is 0 Å². The Morgan fingerprint density at radius 2 is 1.78 bits per heavy atom.